The van der Waals surface area contributed by atoms with E-state index in [1.54, 1.807) is 23.5 Å². The molecule has 130 valence electrons. The fraction of sp³-hybridized carbons (Fsp3) is 0.100. The van der Waals surface area contributed by atoms with E-state index in [0.717, 1.165) is 27.5 Å². The lowest BCUT2D eigenvalue weighted by Crippen LogP contribution is -2.14. The molecule has 0 aliphatic carbocycles. The van der Waals surface area contributed by atoms with Gasteiger partial charge in [-0.15, -0.1) is 11.3 Å². The third-order valence-corrected chi connectivity index (χ3v) is 5.16. The molecule has 1 amide bonds. The first-order valence-corrected chi connectivity index (χ1v) is 9.36. The number of hydrogen-bond acceptors (Lipinski definition) is 3. The highest BCUT2D eigenvalue weighted by atomic mass is 35.5. The fourth-order valence-electron chi connectivity index (χ4n) is 2.80. The number of nitrogens with one attached hydrogen (secondary N) is 1. The first-order valence-electron chi connectivity index (χ1n) is 8.17. The van der Waals surface area contributed by atoms with Crippen molar-refractivity contribution in [1.29, 1.82) is 0 Å². The van der Waals surface area contributed by atoms with Crippen molar-refractivity contribution >= 4 is 39.5 Å². The molecular formula is C20H16ClN3OS. The molecule has 4 nitrogen and oxygen atoms in total. The van der Waals surface area contributed by atoms with Gasteiger partial charge in [0.2, 0.25) is 5.91 Å². The summed E-state index contributed by atoms with van der Waals surface area (Å²) >= 11 is 7.53. The van der Waals surface area contributed by atoms with Crippen LogP contribution in [-0.4, -0.2) is 15.3 Å². The van der Waals surface area contributed by atoms with Crippen molar-refractivity contribution < 1.29 is 4.79 Å². The first-order chi connectivity index (χ1) is 12.6. The van der Waals surface area contributed by atoms with Gasteiger partial charge in [-0.2, -0.15) is 0 Å². The summed E-state index contributed by atoms with van der Waals surface area (Å²) in [6.07, 6.45) is 4.38. The lowest BCUT2D eigenvalue weighted by Gasteiger charge is -2.07. The zero-order chi connectivity index (χ0) is 18.1. The van der Waals surface area contributed by atoms with Crippen molar-refractivity contribution in [2.45, 2.75) is 13.3 Å². The average molecular weight is 382 g/mol. The number of carbonyl (C=O) groups excluding carboxylic acids is 1. The lowest BCUT2D eigenvalue weighted by molar-refractivity contribution is -0.115. The van der Waals surface area contributed by atoms with Gasteiger partial charge in [-0.1, -0.05) is 35.9 Å². The van der Waals surface area contributed by atoms with Crippen LogP contribution in [0.4, 0.5) is 5.69 Å². The Morgan fingerprint density at radius 2 is 2.00 bits per heavy atom. The number of hydrogen-bond donors (Lipinski definition) is 1. The Labute approximate surface area is 160 Å². The van der Waals surface area contributed by atoms with Crippen molar-refractivity contribution in [3.63, 3.8) is 0 Å². The number of anilines is 1. The Morgan fingerprint density at radius 1 is 1.19 bits per heavy atom. The van der Waals surface area contributed by atoms with Gasteiger partial charge in [0.1, 0.15) is 0 Å². The zero-order valence-corrected chi connectivity index (χ0v) is 15.6. The monoisotopic (exact) mass is 381 g/mol. The van der Waals surface area contributed by atoms with Gasteiger partial charge >= 0.3 is 0 Å². The molecule has 26 heavy (non-hydrogen) atoms. The predicted octanol–water partition coefficient (Wildman–Crippen LogP) is 5.21. The molecule has 4 aromatic rings. The smallest absolute Gasteiger partial charge is 0.228 e. The van der Waals surface area contributed by atoms with E-state index in [1.165, 1.54) is 4.88 Å². The molecule has 0 radical (unpaired) electrons. The maximum atomic E-state index is 12.3. The summed E-state index contributed by atoms with van der Waals surface area (Å²) in [5.41, 5.74) is 3.55. The molecule has 0 fully saturated rings. The molecule has 0 spiro atoms. The zero-order valence-electron chi connectivity index (χ0n) is 14.1. The van der Waals surface area contributed by atoms with E-state index >= 15 is 0 Å². The van der Waals surface area contributed by atoms with Crippen molar-refractivity contribution in [2.24, 2.45) is 0 Å². The summed E-state index contributed by atoms with van der Waals surface area (Å²) in [5, 5.41) is 3.61. The largest absolute Gasteiger partial charge is 0.326 e. The Morgan fingerprint density at radius 3 is 2.77 bits per heavy atom. The molecule has 0 aliphatic rings. The number of amides is 1. The van der Waals surface area contributed by atoms with Crippen molar-refractivity contribution in [3.05, 3.63) is 76.4 Å². The Kier molecular flexibility index (Phi) is 4.49. The Hall–Kier alpha value is -2.63. The van der Waals surface area contributed by atoms with Crippen LogP contribution in [-0.2, 0) is 11.2 Å². The molecule has 2 aromatic carbocycles. The topological polar surface area (TPSA) is 46.4 Å². The number of aryl methyl sites for hydroxylation is 1. The fourth-order valence-corrected chi connectivity index (χ4v) is 3.73. The summed E-state index contributed by atoms with van der Waals surface area (Å²) in [7, 11) is 0. The minimum absolute atomic E-state index is 0.0640. The summed E-state index contributed by atoms with van der Waals surface area (Å²) < 4.78 is 2.03. The van der Waals surface area contributed by atoms with Crippen LogP contribution < -0.4 is 5.32 Å². The van der Waals surface area contributed by atoms with Gasteiger partial charge in [-0.3, -0.25) is 9.20 Å². The maximum absolute atomic E-state index is 12.3. The number of benzene rings is 2. The minimum atomic E-state index is -0.0640. The quantitative estimate of drug-likeness (QED) is 0.527. The number of halogens is 1. The second-order valence-corrected chi connectivity index (χ2v) is 7.74. The number of rotatable bonds is 4. The van der Waals surface area contributed by atoms with Crippen LogP contribution in [0.15, 0.2) is 60.9 Å². The lowest BCUT2D eigenvalue weighted by atomic mass is 10.1. The molecule has 6 heteroatoms. The van der Waals surface area contributed by atoms with Gasteiger partial charge in [-0.25, -0.2) is 4.98 Å². The SMILES string of the molecule is Cc1cn2cc(-c3cccc(NC(=O)Cc4ccc(Cl)cc4)c3)nc2s1. The Bertz CT molecular complexity index is 1050. The number of aromatic nitrogens is 2. The van der Waals surface area contributed by atoms with E-state index in [1.807, 2.05) is 47.0 Å². The third-order valence-electron chi connectivity index (χ3n) is 3.99. The molecule has 2 heterocycles. The molecule has 4 rings (SSSR count). The molecular weight excluding hydrogens is 366 g/mol. The van der Waals surface area contributed by atoms with E-state index in [9.17, 15) is 4.79 Å². The number of imidazole rings is 1. The van der Waals surface area contributed by atoms with E-state index < -0.39 is 0 Å². The Balaban J connectivity index is 1.50. The van der Waals surface area contributed by atoms with Crippen molar-refractivity contribution in [2.75, 3.05) is 5.32 Å². The first kappa shape index (κ1) is 16.8. The van der Waals surface area contributed by atoms with Gasteiger partial charge in [0.05, 0.1) is 12.1 Å². The van der Waals surface area contributed by atoms with Crippen LogP contribution in [0.5, 0.6) is 0 Å². The maximum Gasteiger partial charge on any atom is 0.228 e. The van der Waals surface area contributed by atoms with E-state index in [0.29, 0.717) is 11.4 Å². The molecule has 0 bridgehead atoms. The third kappa shape index (κ3) is 3.64. The number of nitrogens with zero attached hydrogens (tertiary/aromatic N) is 2. The van der Waals surface area contributed by atoms with E-state index in [-0.39, 0.29) is 5.91 Å². The van der Waals surface area contributed by atoms with Gasteiger partial charge < -0.3 is 5.32 Å². The number of carbonyl (C=O) groups is 1. The van der Waals surface area contributed by atoms with Crippen molar-refractivity contribution in [3.8, 4) is 11.3 Å². The molecule has 0 saturated heterocycles. The van der Waals surface area contributed by atoms with Crippen LogP contribution in [0.3, 0.4) is 0 Å². The van der Waals surface area contributed by atoms with E-state index in [2.05, 4.69) is 23.4 Å². The second-order valence-electron chi connectivity index (χ2n) is 6.09. The molecule has 1 N–H and O–H groups in total. The van der Waals surface area contributed by atoms with Crippen LogP contribution in [0.2, 0.25) is 5.02 Å². The van der Waals surface area contributed by atoms with Crippen LogP contribution >= 0.6 is 22.9 Å². The van der Waals surface area contributed by atoms with Crippen LogP contribution in [0, 0.1) is 6.92 Å². The molecule has 0 aliphatic heterocycles. The average Bonchev–Trinajstić information content (AvgIpc) is 3.14. The summed E-state index contributed by atoms with van der Waals surface area (Å²) in [5.74, 6) is -0.0640. The van der Waals surface area contributed by atoms with Gasteiger partial charge in [-0.05, 0) is 36.8 Å². The molecule has 2 aromatic heterocycles. The molecule has 0 atom stereocenters. The van der Waals surface area contributed by atoms with Crippen LogP contribution in [0.1, 0.15) is 10.4 Å². The van der Waals surface area contributed by atoms with E-state index in [4.69, 9.17) is 11.6 Å². The number of fused-ring (bicyclic) bond motifs is 1. The summed E-state index contributed by atoms with van der Waals surface area (Å²) in [4.78, 5) is 19.1. The second kappa shape index (κ2) is 6.94. The van der Waals surface area contributed by atoms with Gasteiger partial charge in [0.15, 0.2) is 4.96 Å². The highest BCUT2D eigenvalue weighted by molar-refractivity contribution is 7.17. The van der Waals surface area contributed by atoms with Crippen LogP contribution in [0.25, 0.3) is 16.2 Å². The standard InChI is InChI=1S/C20H16ClN3OS/c1-13-11-24-12-18(23-20(24)26-13)15-3-2-4-17(10-15)22-19(25)9-14-5-7-16(21)8-6-14/h2-8,10-12H,9H2,1H3,(H,22,25). The molecule has 0 unspecified atom stereocenters. The molecule has 0 saturated carbocycles. The summed E-state index contributed by atoms with van der Waals surface area (Å²) in [6, 6.07) is 15.0. The highest BCUT2D eigenvalue weighted by Gasteiger charge is 2.09. The van der Waals surface area contributed by atoms with Gasteiger partial charge in [0, 0.05) is 33.5 Å². The number of thiazole rings is 1. The van der Waals surface area contributed by atoms with Gasteiger partial charge in [0.25, 0.3) is 0 Å². The minimum Gasteiger partial charge on any atom is -0.326 e. The predicted molar refractivity (Wildman–Crippen MR) is 107 cm³/mol. The van der Waals surface area contributed by atoms with Crippen molar-refractivity contribution in [1.82, 2.24) is 9.38 Å². The normalized spacial score (nSPS) is 11.0. The highest BCUT2D eigenvalue weighted by Crippen LogP contribution is 2.25. The summed E-state index contributed by atoms with van der Waals surface area (Å²) in [6.45, 7) is 2.07.